The lowest BCUT2D eigenvalue weighted by Crippen LogP contribution is -2.54. The summed E-state index contributed by atoms with van der Waals surface area (Å²) in [6, 6.07) is 7.54. The van der Waals surface area contributed by atoms with Gasteiger partial charge in [0.25, 0.3) is 5.09 Å². The number of carbonyl (C=O) groups excluding carboxylic acids is 4. The maximum Gasteiger partial charge on any atom is 0.407 e. The van der Waals surface area contributed by atoms with Gasteiger partial charge < -0.3 is 29.3 Å². The van der Waals surface area contributed by atoms with Crippen molar-refractivity contribution in [3.05, 3.63) is 46.0 Å². The Morgan fingerprint density at radius 3 is 2.43 bits per heavy atom. The largest absolute Gasteiger partial charge is 0.468 e. The Labute approximate surface area is 265 Å². The summed E-state index contributed by atoms with van der Waals surface area (Å²) in [6.07, 6.45) is 3.10. The van der Waals surface area contributed by atoms with E-state index in [4.69, 9.17) is 14.2 Å². The Morgan fingerprint density at radius 1 is 1.02 bits per heavy atom. The molecule has 44 heavy (non-hydrogen) atoms. The van der Waals surface area contributed by atoms with Crippen molar-refractivity contribution in [2.45, 2.75) is 63.1 Å². The zero-order valence-electron chi connectivity index (χ0n) is 25.1. The third-order valence-electron chi connectivity index (χ3n) is 6.80. The Morgan fingerprint density at radius 2 is 1.75 bits per heavy atom. The molecule has 2 rings (SSSR count). The molecule has 0 aromatic heterocycles. The summed E-state index contributed by atoms with van der Waals surface area (Å²) in [5.41, 5.74) is 1.05. The molecule has 1 heterocycles. The van der Waals surface area contributed by atoms with Crippen LogP contribution in [0.25, 0.3) is 0 Å². The molecule has 16 heteroatoms. The second-order valence-corrected chi connectivity index (χ2v) is 12.5. The van der Waals surface area contributed by atoms with Crippen LogP contribution in [0.1, 0.15) is 44.1 Å². The van der Waals surface area contributed by atoms with Gasteiger partial charge >= 0.3 is 18.0 Å². The van der Waals surface area contributed by atoms with Crippen LogP contribution in [0.4, 0.5) is 4.79 Å². The molecular weight excluding hydrogens is 616 g/mol. The highest BCUT2D eigenvalue weighted by Crippen LogP contribution is 2.22. The predicted octanol–water partition coefficient (Wildman–Crippen LogP) is 2.77. The molecule has 0 unspecified atom stereocenters. The number of hydrogen-bond donors (Lipinski definition) is 2. The smallest absolute Gasteiger partial charge is 0.407 e. The number of nitrogens with one attached hydrogen (secondary N) is 2. The van der Waals surface area contributed by atoms with Crippen LogP contribution in [0.2, 0.25) is 0 Å². The molecule has 1 aromatic rings. The molecule has 0 radical (unpaired) electrons. The fraction of sp³-hybridized carbons (Fsp3) is 0.643. The molecule has 1 aliphatic heterocycles. The molecule has 0 saturated carbocycles. The number of methoxy groups -OCH3 is 2. The number of esters is 2. The van der Waals surface area contributed by atoms with Gasteiger partial charge in [0.2, 0.25) is 5.91 Å². The SMILES string of the molecule is COC(=O)[C@@H](CCc1ccccc1)N[C@@H](CCCCNC(=O)OCCSSCCO[N+](=O)[O-])C(=O)N1CCC[C@H]1C(=O)OC. The van der Waals surface area contributed by atoms with E-state index >= 15 is 0 Å². The quantitative estimate of drug-likeness (QED) is 0.0493. The minimum Gasteiger partial charge on any atom is -0.468 e. The first-order valence-corrected chi connectivity index (χ1v) is 16.9. The number of benzene rings is 1. The monoisotopic (exact) mass is 658 g/mol. The fourth-order valence-corrected chi connectivity index (χ4v) is 6.29. The van der Waals surface area contributed by atoms with E-state index in [1.807, 2.05) is 30.3 Å². The van der Waals surface area contributed by atoms with Gasteiger partial charge in [0, 0.05) is 24.6 Å². The van der Waals surface area contributed by atoms with Gasteiger partial charge in [0.1, 0.15) is 25.3 Å². The van der Waals surface area contributed by atoms with Crippen LogP contribution in [-0.4, -0.2) is 104 Å². The lowest BCUT2D eigenvalue weighted by Gasteiger charge is -2.30. The number of aryl methyl sites for hydroxylation is 1. The van der Waals surface area contributed by atoms with Gasteiger partial charge in [-0.05, 0) is 50.5 Å². The third kappa shape index (κ3) is 14.0. The average molecular weight is 659 g/mol. The maximum absolute atomic E-state index is 13.7. The van der Waals surface area contributed by atoms with Crippen molar-refractivity contribution in [1.82, 2.24) is 15.5 Å². The lowest BCUT2D eigenvalue weighted by atomic mass is 10.0. The van der Waals surface area contributed by atoms with Crippen LogP contribution in [-0.2, 0) is 39.9 Å². The van der Waals surface area contributed by atoms with E-state index in [1.165, 1.54) is 40.7 Å². The Balaban J connectivity index is 1.87. The van der Waals surface area contributed by atoms with Crippen molar-refractivity contribution in [1.29, 1.82) is 0 Å². The van der Waals surface area contributed by atoms with Crippen molar-refractivity contribution in [3.63, 3.8) is 0 Å². The first kappa shape index (κ1) is 36.9. The Bertz CT molecular complexity index is 1050. The maximum atomic E-state index is 13.7. The number of likely N-dealkylation sites (tertiary alicyclic amines) is 1. The zero-order valence-corrected chi connectivity index (χ0v) is 26.7. The first-order valence-electron chi connectivity index (χ1n) is 14.4. The second kappa shape index (κ2) is 21.5. The predicted molar refractivity (Wildman–Crippen MR) is 165 cm³/mol. The van der Waals surface area contributed by atoms with Gasteiger partial charge in [0.05, 0.1) is 20.3 Å². The second-order valence-electron chi connectivity index (χ2n) is 9.79. The van der Waals surface area contributed by atoms with Crippen molar-refractivity contribution < 1.29 is 43.3 Å². The van der Waals surface area contributed by atoms with E-state index in [0.29, 0.717) is 69.5 Å². The highest BCUT2D eigenvalue weighted by atomic mass is 33.1. The molecule has 1 saturated heterocycles. The molecule has 1 fully saturated rings. The standard InChI is InChI=1S/C28H42N4O10S2/c1-39-26(34)23(14-13-21-9-4-3-5-10-21)30-22(25(33)31-16-8-12-24(31)27(35)40-2)11-6-7-15-29-28(36)41-17-19-43-44-20-18-42-32(37)38/h3-5,9-10,22-24,30H,6-8,11-20H2,1-2H3,(H,29,36)/t22-,23+,24-/m0/s1. The number of hydrogen-bond acceptors (Lipinski definition) is 13. The molecule has 0 aliphatic carbocycles. The first-order chi connectivity index (χ1) is 21.3. The van der Waals surface area contributed by atoms with Gasteiger partial charge in [0.15, 0.2) is 0 Å². The normalized spacial score (nSPS) is 15.6. The molecule has 3 atom stereocenters. The number of unbranched alkanes of at least 4 members (excludes halogenated alkanes) is 1. The van der Waals surface area contributed by atoms with Crippen LogP contribution in [0.5, 0.6) is 0 Å². The van der Waals surface area contributed by atoms with Gasteiger partial charge in [-0.3, -0.25) is 14.9 Å². The molecule has 1 aliphatic rings. The molecule has 2 amide bonds. The summed E-state index contributed by atoms with van der Waals surface area (Å²) < 4.78 is 15.1. The van der Waals surface area contributed by atoms with Crippen LogP contribution in [0.3, 0.4) is 0 Å². The van der Waals surface area contributed by atoms with Crippen LogP contribution in [0.15, 0.2) is 30.3 Å². The number of amides is 2. The van der Waals surface area contributed by atoms with Crippen LogP contribution in [0, 0.1) is 10.1 Å². The molecule has 2 N–H and O–H groups in total. The van der Waals surface area contributed by atoms with Crippen molar-refractivity contribution in [2.75, 3.05) is 52.0 Å². The van der Waals surface area contributed by atoms with Gasteiger partial charge in [-0.15, -0.1) is 10.1 Å². The van der Waals surface area contributed by atoms with Crippen molar-refractivity contribution in [2.24, 2.45) is 0 Å². The molecule has 0 spiro atoms. The van der Waals surface area contributed by atoms with E-state index in [2.05, 4.69) is 15.5 Å². The van der Waals surface area contributed by atoms with E-state index in [1.54, 1.807) is 0 Å². The van der Waals surface area contributed by atoms with Gasteiger partial charge in [-0.25, -0.2) is 9.59 Å². The van der Waals surface area contributed by atoms with E-state index in [9.17, 15) is 29.3 Å². The minimum atomic E-state index is -0.840. The summed E-state index contributed by atoms with van der Waals surface area (Å²) in [7, 11) is 5.40. The van der Waals surface area contributed by atoms with Crippen LogP contribution >= 0.6 is 21.6 Å². The van der Waals surface area contributed by atoms with Crippen molar-refractivity contribution >= 4 is 45.5 Å². The van der Waals surface area contributed by atoms with E-state index in [0.717, 1.165) is 5.56 Å². The summed E-state index contributed by atoms with van der Waals surface area (Å²) >= 11 is 0. The summed E-state index contributed by atoms with van der Waals surface area (Å²) in [5, 5.41) is 15.1. The topological polar surface area (TPSA) is 176 Å². The average Bonchev–Trinajstić information content (AvgIpc) is 3.52. The number of alkyl carbamates (subject to hydrolysis) is 1. The summed E-state index contributed by atoms with van der Waals surface area (Å²) in [5.74, 6) is -0.271. The summed E-state index contributed by atoms with van der Waals surface area (Å²) in [4.78, 5) is 66.6. The highest BCUT2D eigenvalue weighted by molar-refractivity contribution is 8.76. The third-order valence-corrected chi connectivity index (χ3v) is 9.13. The molecule has 1 aromatic carbocycles. The molecule has 0 bridgehead atoms. The highest BCUT2D eigenvalue weighted by Gasteiger charge is 2.38. The summed E-state index contributed by atoms with van der Waals surface area (Å²) in [6.45, 7) is 0.910. The molecule has 246 valence electrons. The van der Waals surface area contributed by atoms with E-state index < -0.39 is 41.2 Å². The number of carbonyl (C=O) groups is 4. The molecule has 14 nitrogen and oxygen atoms in total. The number of ether oxygens (including phenoxy) is 3. The lowest BCUT2D eigenvalue weighted by molar-refractivity contribution is -0.756. The minimum absolute atomic E-state index is 0.00505. The van der Waals surface area contributed by atoms with Gasteiger partial charge in [-0.1, -0.05) is 51.9 Å². The number of nitrogens with zero attached hydrogens (tertiary/aromatic N) is 2. The van der Waals surface area contributed by atoms with E-state index in [-0.39, 0.29) is 19.1 Å². The van der Waals surface area contributed by atoms with Gasteiger partial charge in [-0.2, -0.15) is 0 Å². The fourth-order valence-electron chi connectivity index (χ4n) is 4.65. The van der Waals surface area contributed by atoms with Crippen LogP contribution < -0.4 is 10.6 Å². The Kier molecular flexibility index (Phi) is 18.0. The van der Waals surface area contributed by atoms with Crippen molar-refractivity contribution in [3.8, 4) is 0 Å². The number of rotatable bonds is 21. The zero-order chi connectivity index (χ0) is 32.2. The Hall–Kier alpha value is -3.24. The molecular formula is C28H42N4O10S2.